The summed E-state index contributed by atoms with van der Waals surface area (Å²) in [6, 6.07) is 0.752. The minimum Gasteiger partial charge on any atom is -0.508 e. The maximum atomic E-state index is 14.0. The molecular formula is C44H65N13O15. The first kappa shape index (κ1) is 60.0. The zero-order valence-corrected chi connectivity index (χ0v) is 39.4. The lowest BCUT2D eigenvalue weighted by molar-refractivity contribution is -0.142. The molecule has 0 aliphatic carbocycles. The summed E-state index contributed by atoms with van der Waals surface area (Å²) in [6.07, 6.45) is -0.651. The summed E-state index contributed by atoms with van der Waals surface area (Å²) in [5, 5.41) is 76.5. The monoisotopic (exact) mass is 1020 g/mol. The number of carboxylic acids is 2. The number of nitrogens with one attached hydrogen (secondary N) is 10. The number of rotatable bonds is 32. The van der Waals surface area contributed by atoms with Crippen molar-refractivity contribution in [3.05, 3.63) is 59.7 Å². The predicted octanol–water partition coefficient (Wildman–Crippen LogP) is -5.68. The number of unbranched alkanes of at least 4 members (excludes halogenated alkanes) is 1. The van der Waals surface area contributed by atoms with E-state index in [0.29, 0.717) is 24.0 Å². The lowest BCUT2D eigenvalue weighted by Gasteiger charge is -2.26. The topological polar surface area (TPSA) is 482 Å². The molecule has 0 unspecified atom stereocenters. The Morgan fingerprint density at radius 3 is 1.57 bits per heavy atom. The van der Waals surface area contributed by atoms with E-state index in [-0.39, 0.29) is 62.7 Å². The molecule has 0 heterocycles. The van der Waals surface area contributed by atoms with E-state index >= 15 is 0 Å². The largest absolute Gasteiger partial charge is 0.508 e. The number of nitrogens with two attached hydrogens (primary N) is 3. The van der Waals surface area contributed by atoms with E-state index < -0.39 is 128 Å². The summed E-state index contributed by atoms with van der Waals surface area (Å²) >= 11 is 0. The van der Waals surface area contributed by atoms with Gasteiger partial charge in [0.25, 0.3) is 0 Å². The molecule has 2 aromatic carbocycles. The highest BCUT2D eigenvalue weighted by atomic mass is 16.4. The maximum Gasteiger partial charge on any atom is 0.326 e. The minimum atomic E-state index is -1.87. The lowest BCUT2D eigenvalue weighted by Crippen LogP contribution is -2.59. The number of amides is 8. The Morgan fingerprint density at radius 1 is 0.569 bits per heavy atom. The molecule has 0 radical (unpaired) electrons. The number of carbonyl (C=O) groups excluding carboxylic acids is 8. The lowest BCUT2D eigenvalue weighted by atomic mass is 10.0. The molecule has 0 aliphatic rings. The van der Waals surface area contributed by atoms with Crippen LogP contribution in [0.15, 0.2) is 48.5 Å². The summed E-state index contributed by atoms with van der Waals surface area (Å²) in [5.74, 6) is -11.1. The number of hydrogen-bond donors (Lipinski definition) is 18. The number of carbonyl (C=O) groups is 10. The molecule has 2 rings (SSSR count). The Morgan fingerprint density at radius 2 is 1.04 bits per heavy atom. The van der Waals surface area contributed by atoms with Crippen LogP contribution in [-0.2, 0) is 60.8 Å². The summed E-state index contributed by atoms with van der Waals surface area (Å²) < 4.78 is 0. The molecule has 0 bridgehead atoms. The molecule has 21 N–H and O–H groups in total. The Labute approximate surface area is 412 Å². The highest BCUT2D eigenvalue weighted by Gasteiger charge is 2.33. The number of guanidine groups is 1. The van der Waals surface area contributed by atoms with Crippen molar-refractivity contribution in [2.45, 2.75) is 101 Å². The molecule has 72 heavy (non-hydrogen) atoms. The Hall–Kier alpha value is -8.11. The van der Waals surface area contributed by atoms with Crippen LogP contribution in [-0.4, -0.2) is 166 Å². The van der Waals surface area contributed by atoms with Gasteiger partial charge in [0.2, 0.25) is 47.3 Å². The van der Waals surface area contributed by atoms with Crippen LogP contribution in [0.4, 0.5) is 0 Å². The fraction of sp³-hybridized carbons (Fsp3) is 0.477. The Balaban J connectivity index is 2.16. The molecular weight excluding hydrogens is 951 g/mol. The van der Waals surface area contributed by atoms with Crippen LogP contribution in [0.1, 0.15) is 56.6 Å². The smallest absolute Gasteiger partial charge is 0.326 e. The van der Waals surface area contributed by atoms with Gasteiger partial charge in [-0.2, -0.15) is 0 Å². The summed E-state index contributed by atoms with van der Waals surface area (Å²) in [4.78, 5) is 129. The average Bonchev–Trinajstić information content (AvgIpc) is 3.32. The molecule has 2 aromatic rings. The molecule has 8 amide bonds. The van der Waals surface area contributed by atoms with Crippen LogP contribution >= 0.6 is 0 Å². The van der Waals surface area contributed by atoms with E-state index in [1.54, 1.807) is 0 Å². The number of phenolic OH excluding ortho intramolecular Hbond substituents is 2. The fourth-order valence-electron chi connectivity index (χ4n) is 6.45. The van der Waals surface area contributed by atoms with Crippen molar-refractivity contribution in [2.24, 2.45) is 17.2 Å². The maximum absolute atomic E-state index is 14.0. The zero-order chi connectivity index (χ0) is 53.9. The van der Waals surface area contributed by atoms with E-state index in [4.69, 9.17) is 22.6 Å². The van der Waals surface area contributed by atoms with Crippen molar-refractivity contribution in [1.29, 1.82) is 5.41 Å². The summed E-state index contributed by atoms with van der Waals surface area (Å²) in [7, 11) is 0. The van der Waals surface area contributed by atoms with Gasteiger partial charge in [0.05, 0.1) is 26.1 Å². The molecule has 28 heteroatoms. The molecule has 0 aromatic heterocycles. The molecule has 0 aliphatic heterocycles. The third-order valence-electron chi connectivity index (χ3n) is 10.4. The van der Waals surface area contributed by atoms with Gasteiger partial charge in [0.15, 0.2) is 5.96 Å². The number of carboxylic acid groups (broad SMARTS) is 2. The third-order valence-corrected chi connectivity index (χ3v) is 10.4. The average molecular weight is 1020 g/mol. The number of aliphatic carboxylic acids is 2. The molecule has 396 valence electrons. The molecule has 0 fully saturated rings. The summed E-state index contributed by atoms with van der Waals surface area (Å²) in [6.45, 7) is -0.624. The van der Waals surface area contributed by atoms with E-state index in [2.05, 4.69) is 47.9 Å². The normalized spacial score (nSPS) is 13.7. The number of aromatic hydroxyl groups is 2. The molecule has 0 saturated carbocycles. The van der Waals surface area contributed by atoms with Gasteiger partial charge in [0.1, 0.15) is 53.8 Å². The Bertz CT molecular complexity index is 2200. The molecule has 28 nitrogen and oxygen atoms in total. The quantitative estimate of drug-likeness (QED) is 0.0184. The van der Waals surface area contributed by atoms with Gasteiger partial charge >= 0.3 is 11.9 Å². The van der Waals surface area contributed by atoms with Gasteiger partial charge < -0.3 is 90.6 Å². The molecule has 0 spiro atoms. The van der Waals surface area contributed by atoms with Gasteiger partial charge in [-0.15, -0.1) is 0 Å². The van der Waals surface area contributed by atoms with Crippen molar-refractivity contribution in [3.63, 3.8) is 0 Å². The van der Waals surface area contributed by atoms with Crippen molar-refractivity contribution in [1.82, 2.24) is 47.9 Å². The van der Waals surface area contributed by atoms with Gasteiger partial charge in [-0.25, -0.2) is 4.79 Å². The number of aliphatic hydroxyl groups excluding tert-OH is 1. The van der Waals surface area contributed by atoms with Crippen LogP contribution in [0, 0.1) is 5.41 Å². The highest BCUT2D eigenvalue weighted by Crippen LogP contribution is 2.14. The van der Waals surface area contributed by atoms with Crippen molar-refractivity contribution in [2.75, 3.05) is 32.8 Å². The first-order chi connectivity index (χ1) is 34.0. The van der Waals surface area contributed by atoms with E-state index in [0.717, 1.165) is 0 Å². The van der Waals surface area contributed by atoms with E-state index in [1.165, 1.54) is 55.5 Å². The fourth-order valence-corrected chi connectivity index (χ4v) is 6.45. The van der Waals surface area contributed by atoms with Gasteiger partial charge in [-0.3, -0.25) is 48.6 Å². The van der Waals surface area contributed by atoms with E-state index in [1.807, 2.05) is 0 Å². The number of aliphatic hydroxyl groups is 1. The SMILES string of the molecule is C[C@H](NC(=O)CNC(=O)CNC(=O)[C@H](Cc1ccc(O)cc1)NC(=O)[C@@H](N)CO)C(=O)N[C@@H](CC(=O)O)C(=O)N[C@@H](Cc1ccc(O)cc1)C(=O)N[C@@H](CCCCN)C(=O)N[C@@H](CCCNC(=N)N)C(=O)O. The van der Waals surface area contributed by atoms with Crippen LogP contribution in [0.5, 0.6) is 11.5 Å². The van der Waals surface area contributed by atoms with Crippen molar-refractivity contribution in [3.8, 4) is 11.5 Å². The predicted molar refractivity (Wildman–Crippen MR) is 254 cm³/mol. The standard InChI is InChI=1S/C44H65N13O15/c1-23(52-35(62)21-50-34(61)20-51-39(67)31(56-38(66)28(46)22-58)17-24-7-11-26(59)12-8-24)37(65)55-33(19-36(63)64)42(70)57-32(18-25-9-13-27(60)14-10-25)41(69)53-29(5-2-3-15-45)40(68)54-30(43(71)72)6-4-16-49-44(47)48/h7-14,23,28-33,58-60H,2-6,15-22,45-46H2,1H3,(H,50,61)(H,51,67)(H,52,62)(H,53,69)(H,54,68)(H,55,65)(H,56,66)(H,57,70)(H,63,64)(H,71,72)(H4,47,48,49)/t23-,28-,29-,30-,31-,32-,33-/m0/s1. The van der Waals surface area contributed by atoms with Gasteiger partial charge in [-0.05, 0) is 81.0 Å². The van der Waals surface area contributed by atoms with Gasteiger partial charge in [-0.1, -0.05) is 24.3 Å². The first-order valence-electron chi connectivity index (χ1n) is 22.5. The number of phenols is 2. The van der Waals surface area contributed by atoms with Crippen LogP contribution < -0.4 is 65.1 Å². The first-order valence-corrected chi connectivity index (χ1v) is 22.5. The van der Waals surface area contributed by atoms with Crippen LogP contribution in [0.2, 0.25) is 0 Å². The second kappa shape index (κ2) is 31.2. The highest BCUT2D eigenvalue weighted by molar-refractivity contribution is 5.98. The third kappa shape index (κ3) is 23.0. The van der Waals surface area contributed by atoms with Crippen LogP contribution in [0.25, 0.3) is 0 Å². The van der Waals surface area contributed by atoms with E-state index in [9.17, 15) is 73.5 Å². The second-order valence-corrected chi connectivity index (χ2v) is 16.3. The van der Waals surface area contributed by atoms with Crippen molar-refractivity contribution >= 4 is 65.2 Å². The Kier molecular flexibility index (Phi) is 26.0. The second-order valence-electron chi connectivity index (χ2n) is 16.3. The molecule has 7 atom stereocenters. The van der Waals surface area contributed by atoms with Gasteiger partial charge in [0, 0.05) is 19.4 Å². The summed E-state index contributed by atoms with van der Waals surface area (Å²) in [5.41, 5.74) is 17.3. The number of benzene rings is 2. The minimum absolute atomic E-state index is 0.0263. The molecule has 0 saturated heterocycles. The number of hydrogen-bond acceptors (Lipinski definition) is 16. The van der Waals surface area contributed by atoms with Crippen molar-refractivity contribution < 1.29 is 73.5 Å². The van der Waals surface area contributed by atoms with Crippen LogP contribution in [0.3, 0.4) is 0 Å². The zero-order valence-electron chi connectivity index (χ0n) is 39.4.